The van der Waals surface area contributed by atoms with E-state index in [-0.39, 0.29) is 22.1 Å². The van der Waals surface area contributed by atoms with Gasteiger partial charge in [-0.25, -0.2) is 9.97 Å². The lowest BCUT2D eigenvalue weighted by Crippen LogP contribution is -2.47. The van der Waals surface area contributed by atoms with Crippen molar-refractivity contribution in [1.82, 2.24) is 14.9 Å². The number of alkyl halides is 3. The average Bonchev–Trinajstić information content (AvgIpc) is 2.58. The monoisotopic (exact) mass is 510 g/mol. The van der Waals surface area contributed by atoms with E-state index < -0.39 is 37.0 Å². The number of fused-ring (bicyclic) bond motifs is 1. The third kappa shape index (κ3) is 4.49. The van der Waals surface area contributed by atoms with Gasteiger partial charge in [0.2, 0.25) is 11.9 Å². The third-order valence-corrected chi connectivity index (χ3v) is 4.78. The molecule has 2 amide bonds. The number of rotatable bonds is 3. The Morgan fingerprint density at radius 3 is 2.63 bits per heavy atom. The van der Waals surface area contributed by atoms with E-state index in [4.69, 9.17) is 11.6 Å². The number of amides is 2. The highest BCUT2D eigenvalue weighted by Gasteiger charge is 2.47. The molecule has 0 saturated heterocycles. The second-order valence-corrected chi connectivity index (χ2v) is 7.47. The molecular weight excluding hydrogens is 500 g/mol. The van der Waals surface area contributed by atoms with Gasteiger partial charge < -0.3 is 4.90 Å². The van der Waals surface area contributed by atoms with E-state index in [1.165, 1.54) is 24.5 Å². The summed E-state index contributed by atoms with van der Waals surface area (Å²) >= 11 is 7.53. The van der Waals surface area contributed by atoms with Crippen LogP contribution in [-0.4, -0.2) is 45.9 Å². The predicted molar refractivity (Wildman–Crippen MR) is 99.5 cm³/mol. The van der Waals surface area contributed by atoms with Crippen molar-refractivity contribution in [3.05, 3.63) is 50.3 Å². The van der Waals surface area contributed by atoms with Crippen molar-refractivity contribution in [2.24, 2.45) is 0 Å². The van der Waals surface area contributed by atoms with Crippen molar-refractivity contribution < 1.29 is 22.8 Å². The first-order valence-electron chi connectivity index (χ1n) is 7.58. The highest BCUT2D eigenvalue weighted by atomic mass is 127. The molecule has 0 bridgehead atoms. The molecular formula is C16H11ClF3IN4O2. The van der Waals surface area contributed by atoms with E-state index in [0.29, 0.717) is 3.57 Å². The van der Waals surface area contributed by atoms with Gasteiger partial charge in [0, 0.05) is 15.7 Å². The summed E-state index contributed by atoms with van der Waals surface area (Å²) < 4.78 is 41.1. The topological polar surface area (TPSA) is 75.2 Å². The minimum absolute atomic E-state index is 0.0560. The summed E-state index contributed by atoms with van der Waals surface area (Å²) in [6, 6.07) is 4.26. The lowest BCUT2D eigenvalue weighted by Gasteiger charge is -2.35. The van der Waals surface area contributed by atoms with Crippen LogP contribution in [0.15, 0.2) is 30.6 Å². The van der Waals surface area contributed by atoms with E-state index in [2.05, 4.69) is 15.3 Å². The summed E-state index contributed by atoms with van der Waals surface area (Å²) in [5, 5.41) is 2.59. The first-order valence-corrected chi connectivity index (χ1v) is 9.03. The lowest BCUT2D eigenvalue weighted by molar-refractivity contribution is -0.155. The molecule has 1 aromatic heterocycles. The molecule has 1 aromatic carbocycles. The Kier molecular flexibility index (Phi) is 5.56. The number of benzene rings is 1. The fraction of sp³-hybridized carbons (Fsp3) is 0.250. The molecule has 0 spiro atoms. The Bertz CT molecular complexity index is 892. The highest BCUT2D eigenvalue weighted by molar-refractivity contribution is 14.1. The Labute approximate surface area is 170 Å². The summed E-state index contributed by atoms with van der Waals surface area (Å²) in [6.07, 6.45) is -2.03. The van der Waals surface area contributed by atoms with E-state index in [1.54, 1.807) is 6.07 Å². The number of aromatic nitrogens is 2. The molecule has 2 aromatic rings. The second-order valence-electron chi connectivity index (χ2n) is 5.78. The highest BCUT2D eigenvalue weighted by Crippen LogP contribution is 2.40. The number of carbonyl (C=O) groups is 2. The lowest BCUT2D eigenvalue weighted by atomic mass is 9.88. The Morgan fingerprint density at radius 2 is 2.00 bits per heavy atom. The number of hydrogen-bond donors (Lipinski definition) is 1. The Hall–Kier alpha value is -1.95. The van der Waals surface area contributed by atoms with Gasteiger partial charge in [0.05, 0.1) is 23.3 Å². The smallest absolute Gasteiger partial charge is 0.328 e. The first kappa shape index (κ1) is 19.8. The normalized spacial score (nSPS) is 16.9. The predicted octanol–water partition coefficient (Wildman–Crippen LogP) is 3.48. The molecule has 2 heterocycles. The molecule has 1 N–H and O–H groups in total. The van der Waals surface area contributed by atoms with Crippen LogP contribution in [0.4, 0.5) is 19.1 Å². The third-order valence-electron chi connectivity index (χ3n) is 3.91. The van der Waals surface area contributed by atoms with Gasteiger partial charge in [-0.15, -0.1) is 0 Å². The van der Waals surface area contributed by atoms with Crippen LogP contribution in [-0.2, 0) is 4.79 Å². The maximum Gasteiger partial charge on any atom is 0.397 e. The van der Waals surface area contributed by atoms with E-state index in [9.17, 15) is 22.8 Å². The van der Waals surface area contributed by atoms with Crippen LogP contribution in [0.2, 0.25) is 5.02 Å². The van der Waals surface area contributed by atoms with Gasteiger partial charge in [0.1, 0.15) is 6.54 Å². The van der Waals surface area contributed by atoms with Crippen LogP contribution < -0.4 is 5.32 Å². The van der Waals surface area contributed by atoms with Crippen LogP contribution >= 0.6 is 34.2 Å². The summed E-state index contributed by atoms with van der Waals surface area (Å²) in [6.45, 7) is -1.19. The molecule has 142 valence electrons. The van der Waals surface area contributed by atoms with E-state index in [0.717, 1.165) is 4.90 Å². The minimum Gasteiger partial charge on any atom is -0.328 e. The molecule has 11 heteroatoms. The maximum absolute atomic E-state index is 13.5. The van der Waals surface area contributed by atoms with Gasteiger partial charge in [-0.2, -0.15) is 13.2 Å². The fourth-order valence-electron chi connectivity index (χ4n) is 2.72. The molecule has 0 radical (unpaired) electrons. The van der Waals surface area contributed by atoms with Crippen molar-refractivity contribution in [3.8, 4) is 0 Å². The molecule has 6 nitrogen and oxygen atoms in total. The fourth-order valence-corrected chi connectivity index (χ4v) is 3.33. The van der Waals surface area contributed by atoms with Crippen molar-refractivity contribution in [1.29, 1.82) is 0 Å². The Balaban J connectivity index is 1.81. The summed E-state index contributed by atoms with van der Waals surface area (Å²) in [4.78, 5) is 33.1. The van der Waals surface area contributed by atoms with Crippen LogP contribution in [0.5, 0.6) is 0 Å². The summed E-state index contributed by atoms with van der Waals surface area (Å²) in [5.74, 6) is -3.26. The van der Waals surface area contributed by atoms with Crippen LogP contribution in [0.1, 0.15) is 21.8 Å². The largest absolute Gasteiger partial charge is 0.397 e. The van der Waals surface area contributed by atoms with Gasteiger partial charge >= 0.3 is 6.18 Å². The standard InChI is InChI=1S/C16H11ClF3IN4O2/c17-8-4-22-15(23-5-8)24-13(26)7-25-6-12(16(18,19)20)11-3-9(21)1-2-10(11)14(25)27/h1-5,12H,6-7H2,(H,22,23,24,26)/t12-/m1/s1. The van der Waals surface area contributed by atoms with Crippen molar-refractivity contribution >= 4 is 52.0 Å². The maximum atomic E-state index is 13.5. The van der Waals surface area contributed by atoms with Gasteiger partial charge in [-0.3, -0.25) is 14.9 Å². The van der Waals surface area contributed by atoms with E-state index in [1.807, 2.05) is 22.6 Å². The molecule has 0 saturated carbocycles. The van der Waals surface area contributed by atoms with Crippen molar-refractivity contribution in [2.75, 3.05) is 18.4 Å². The molecule has 27 heavy (non-hydrogen) atoms. The molecule has 3 rings (SSSR count). The summed E-state index contributed by atoms with van der Waals surface area (Å²) in [7, 11) is 0. The molecule has 0 aliphatic carbocycles. The Morgan fingerprint density at radius 1 is 1.33 bits per heavy atom. The first-order chi connectivity index (χ1) is 12.6. The quantitative estimate of drug-likeness (QED) is 0.642. The van der Waals surface area contributed by atoms with Gasteiger partial charge in [0.15, 0.2) is 0 Å². The number of nitrogens with one attached hydrogen (secondary N) is 1. The second kappa shape index (κ2) is 7.58. The number of halogens is 5. The number of carbonyl (C=O) groups excluding carboxylic acids is 2. The minimum atomic E-state index is -4.55. The van der Waals surface area contributed by atoms with Gasteiger partial charge in [-0.1, -0.05) is 11.6 Å². The zero-order valence-corrected chi connectivity index (χ0v) is 16.3. The molecule has 1 aliphatic heterocycles. The molecule has 1 aliphatic rings. The number of hydrogen-bond acceptors (Lipinski definition) is 4. The van der Waals surface area contributed by atoms with Crippen molar-refractivity contribution in [3.63, 3.8) is 0 Å². The zero-order valence-electron chi connectivity index (χ0n) is 13.4. The average molecular weight is 511 g/mol. The SMILES string of the molecule is O=C(CN1C[C@@H](C(F)(F)F)c2cc(I)ccc2C1=O)Nc1ncc(Cl)cn1. The number of nitrogens with zero attached hydrogens (tertiary/aromatic N) is 3. The number of anilines is 1. The van der Waals surface area contributed by atoms with Crippen LogP contribution in [0.25, 0.3) is 0 Å². The van der Waals surface area contributed by atoms with Gasteiger partial charge in [-0.05, 0) is 46.4 Å². The molecule has 0 fully saturated rings. The van der Waals surface area contributed by atoms with Crippen molar-refractivity contribution in [2.45, 2.75) is 12.1 Å². The molecule has 1 atom stereocenters. The van der Waals surface area contributed by atoms with Gasteiger partial charge in [0.25, 0.3) is 5.91 Å². The van der Waals surface area contributed by atoms with E-state index >= 15 is 0 Å². The zero-order chi connectivity index (χ0) is 19.8. The van der Waals surface area contributed by atoms with Crippen LogP contribution in [0, 0.1) is 3.57 Å². The van der Waals surface area contributed by atoms with Crippen LogP contribution in [0.3, 0.4) is 0 Å². The molecule has 0 unspecified atom stereocenters. The summed E-state index contributed by atoms with van der Waals surface area (Å²) in [5.41, 5.74) is -0.128.